The summed E-state index contributed by atoms with van der Waals surface area (Å²) in [7, 11) is 1.55. The normalized spacial score (nSPS) is 9.57. The summed E-state index contributed by atoms with van der Waals surface area (Å²) in [6.07, 6.45) is 0. The molecule has 0 bridgehead atoms. The Hall–Kier alpha value is -1.71. The van der Waals surface area contributed by atoms with E-state index in [0.29, 0.717) is 11.4 Å². The highest BCUT2D eigenvalue weighted by atomic mass is 16.5. The molecular formula is C10H13NO3. The Bertz CT molecular complexity index is 336. The maximum absolute atomic E-state index is 10.7. The SMILES string of the molecule is CCNc1cc(C(=O)O)ccc1OC. The van der Waals surface area contributed by atoms with Crippen molar-refractivity contribution >= 4 is 11.7 Å². The Balaban J connectivity index is 3.07. The van der Waals surface area contributed by atoms with Crippen LogP contribution in [0, 0.1) is 0 Å². The maximum Gasteiger partial charge on any atom is 0.335 e. The molecule has 0 spiro atoms. The molecule has 0 heterocycles. The van der Waals surface area contributed by atoms with Crippen molar-refractivity contribution in [1.82, 2.24) is 0 Å². The molecule has 1 rings (SSSR count). The average molecular weight is 195 g/mol. The first-order valence-corrected chi connectivity index (χ1v) is 4.34. The largest absolute Gasteiger partial charge is 0.495 e. The molecule has 2 N–H and O–H groups in total. The van der Waals surface area contributed by atoms with E-state index in [1.807, 2.05) is 6.92 Å². The zero-order valence-corrected chi connectivity index (χ0v) is 8.20. The molecule has 76 valence electrons. The quantitative estimate of drug-likeness (QED) is 0.769. The number of hydrogen-bond donors (Lipinski definition) is 2. The van der Waals surface area contributed by atoms with Crippen molar-refractivity contribution in [3.05, 3.63) is 23.8 Å². The molecule has 0 aliphatic carbocycles. The topological polar surface area (TPSA) is 58.6 Å². The van der Waals surface area contributed by atoms with Gasteiger partial charge in [-0.2, -0.15) is 0 Å². The number of hydrogen-bond acceptors (Lipinski definition) is 3. The van der Waals surface area contributed by atoms with E-state index in [9.17, 15) is 4.79 Å². The molecule has 0 fully saturated rings. The lowest BCUT2D eigenvalue weighted by atomic mass is 10.2. The molecule has 14 heavy (non-hydrogen) atoms. The summed E-state index contributed by atoms with van der Waals surface area (Å²) in [6.45, 7) is 2.66. The standard InChI is InChI=1S/C10H13NO3/c1-3-11-8-6-7(10(12)13)4-5-9(8)14-2/h4-6,11H,3H2,1-2H3,(H,12,13). The first kappa shape index (κ1) is 10.4. The Morgan fingerprint density at radius 3 is 2.79 bits per heavy atom. The van der Waals surface area contributed by atoms with Crippen LogP contribution >= 0.6 is 0 Å². The first-order chi connectivity index (χ1) is 6.69. The van der Waals surface area contributed by atoms with Gasteiger partial charge in [-0.25, -0.2) is 4.79 Å². The highest BCUT2D eigenvalue weighted by Gasteiger charge is 2.07. The molecule has 0 aliphatic heterocycles. The van der Waals surface area contributed by atoms with Crippen LogP contribution in [0.25, 0.3) is 0 Å². The monoisotopic (exact) mass is 195 g/mol. The summed E-state index contributed by atoms with van der Waals surface area (Å²) in [5.74, 6) is -0.288. The molecule has 0 saturated carbocycles. The van der Waals surface area contributed by atoms with Crippen LogP contribution in [-0.2, 0) is 0 Å². The van der Waals surface area contributed by atoms with Crippen molar-refractivity contribution in [2.75, 3.05) is 19.0 Å². The summed E-state index contributed by atoms with van der Waals surface area (Å²) in [5, 5.41) is 11.8. The van der Waals surface area contributed by atoms with E-state index in [2.05, 4.69) is 5.32 Å². The summed E-state index contributed by atoms with van der Waals surface area (Å²) >= 11 is 0. The molecule has 0 unspecified atom stereocenters. The maximum atomic E-state index is 10.7. The minimum Gasteiger partial charge on any atom is -0.495 e. The minimum atomic E-state index is -0.938. The number of carboxylic acids is 1. The number of rotatable bonds is 4. The van der Waals surface area contributed by atoms with Crippen LogP contribution in [0.2, 0.25) is 0 Å². The Labute approximate surface area is 82.5 Å². The zero-order valence-electron chi connectivity index (χ0n) is 8.20. The molecule has 0 saturated heterocycles. The number of carboxylic acid groups (broad SMARTS) is 1. The predicted molar refractivity (Wildman–Crippen MR) is 54.1 cm³/mol. The first-order valence-electron chi connectivity index (χ1n) is 4.34. The molecule has 1 aromatic rings. The van der Waals surface area contributed by atoms with E-state index in [1.165, 1.54) is 6.07 Å². The highest BCUT2D eigenvalue weighted by Crippen LogP contribution is 2.25. The fraction of sp³-hybridized carbons (Fsp3) is 0.300. The lowest BCUT2D eigenvalue weighted by Crippen LogP contribution is -2.02. The number of ether oxygens (including phenoxy) is 1. The number of aromatic carboxylic acids is 1. The second kappa shape index (κ2) is 4.50. The van der Waals surface area contributed by atoms with Crippen LogP contribution in [0.5, 0.6) is 5.75 Å². The summed E-state index contributed by atoms with van der Waals surface area (Å²) < 4.78 is 5.08. The van der Waals surface area contributed by atoms with Gasteiger partial charge in [0.25, 0.3) is 0 Å². The van der Waals surface area contributed by atoms with Gasteiger partial charge in [-0.05, 0) is 25.1 Å². The van der Waals surface area contributed by atoms with Gasteiger partial charge >= 0.3 is 5.97 Å². The van der Waals surface area contributed by atoms with E-state index < -0.39 is 5.97 Å². The van der Waals surface area contributed by atoms with Crippen molar-refractivity contribution in [3.8, 4) is 5.75 Å². The third-order valence-electron chi connectivity index (χ3n) is 1.81. The van der Waals surface area contributed by atoms with Gasteiger partial charge in [-0.3, -0.25) is 0 Å². The summed E-state index contributed by atoms with van der Waals surface area (Å²) in [6, 6.07) is 4.72. The van der Waals surface area contributed by atoms with E-state index in [0.717, 1.165) is 6.54 Å². The smallest absolute Gasteiger partial charge is 0.335 e. The van der Waals surface area contributed by atoms with Gasteiger partial charge in [0.2, 0.25) is 0 Å². The van der Waals surface area contributed by atoms with Gasteiger partial charge in [-0.1, -0.05) is 0 Å². The van der Waals surface area contributed by atoms with Gasteiger partial charge in [0.1, 0.15) is 5.75 Å². The highest BCUT2D eigenvalue weighted by molar-refractivity contribution is 5.89. The molecule has 0 radical (unpaired) electrons. The summed E-state index contributed by atoms with van der Waals surface area (Å²) in [4.78, 5) is 10.7. The molecule has 0 amide bonds. The second-order valence-electron chi connectivity index (χ2n) is 2.75. The van der Waals surface area contributed by atoms with Crippen LogP contribution < -0.4 is 10.1 Å². The molecule has 4 nitrogen and oxygen atoms in total. The molecular weight excluding hydrogens is 182 g/mol. The van der Waals surface area contributed by atoms with Gasteiger partial charge < -0.3 is 15.2 Å². The molecule has 0 atom stereocenters. The average Bonchev–Trinajstić information content (AvgIpc) is 2.18. The number of nitrogens with one attached hydrogen (secondary N) is 1. The summed E-state index contributed by atoms with van der Waals surface area (Å²) in [5.41, 5.74) is 0.955. The van der Waals surface area contributed by atoms with Crippen molar-refractivity contribution in [2.24, 2.45) is 0 Å². The van der Waals surface area contributed by atoms with Crippen molar-refractivity contribution in [1.29, 1.82) is 0 Å². The third kappa shape index (κ3) is 2.16. The van der Waals surface area contributed by atoms with Crippen LogP contribution in [0.3, 0.4) is 0 Å². The van der Waals surface area contributed by atoms with Gasteiger partial charge in [0.15, 0.2) is 0 Å². The van der Waals surface area contributed by atoms with Crippen LogP contribution in [0.4, 0.5) is 5.69 Å². The zero-order chi connectivity index (χ0) is 10.6. The van der Waals surface area contributed by atoms with Crippen LogP contribution in [-0.4, -0.2) is 24.7 Å². The van der Waals surface area contributed by atoms with Gasteiger partial charge in [-0.15, -0.1) is 0 Å². The van der Waals surface area contributed by atoms with E-state index in [1.54, 1.807) is 19.2 Å². The second-order valence-corrected chi connectivity index (χ2v) is 2.75. The molecule has 0 aromatic heterocycles. The fourth-order valence-corrected chi connectivity index (χ4v) is 1.17. The van der Waals surface area contributed by atoms with Gasteiger partial charge in [0.05, 0.1) is 18.4 Å². The number of benzene rings is 1. The Morgan fingerprint density at radius 2 is 2.29 bits per heavy atom. The van der Waals surface area contributed by atoms with Crippen LogP contribution in [0.1, 0.15) is 17.3 Å². The number of anilines is 1. The van der Waals surface area contributed by atoms with Gasteiger partial charge in [0, 0.05) is 6.54 Å². The van der Waals surface area contributed by atoms with Crippen molar-refractivity contribution < 1.29 is 14.6 Å². The van der Waals surface area contributed by atoms with E-state index >= 15 is 0 Å². The molecule has 0 aliphatic rings. The van der Waals surface area contributed by atoms with E-state index in [-0.39, 0.29) is 5.56 Å². The van der Waals surface area contributed by atoms with Crippen molar-refractivity contribution in [2.45, 2.75) is 6.92 Å². The Kier molecular flexibility index (Phi) is 3.34. The minimum absolute atomic E-state index is 0.252. The number of methoxy groups -OCH3 is 1. The van der Waals surface area contributed by atoms with Crippen molar-refractivity contribution in [3.63, 3.8) is 0 Å². The van der Waals surface area contributed by atoms with E-state index in [4.69, 9.17) is 9.84 Å². The Morgan fingerprint density at radius 1 is 1.57 bits per heavy atom. The lowest BCUT2D eigenvalue weighted by Gasteiger charge is -2.09. The predicted octanol–water partition coefficient (Wildman–Crippen LogP) is 1.83. The fourth-order valence-electron chi connectivity index (χ4n) is 1.17. The lowest BCUT2D eigenvalue weighted by molar-refractivity contribution is 0.0697. The molecule has 4 heteroatoms. The molecule has 1 aromatic carbocycles. The van der Waals surface area contributed by atoms with Crippen LogP contribution in [0.15, 0.2) is 18.2 Å². The number of carbonyl (C=O) groups is 1. The third-order valence-corrected chi connectivity index (χ3v) is 1.81.